The highest BCUT2D eigenvalue weighted by Crippen LogP contribution is 2.20. The summed E-state index contributed by atoms with van der Waals surface area (Å²) in [6.45, 7) is 9.65. The Balaban J connectivity index is 2.29. The number of carbonyl (C=O) groups excluding carboxylic acids is 1. The second kappa shape index (κ2) is 9.16. The molecule has 0 spiro atoms. The van der Waals surface area contributed by atoms with E-state index in [1.807, 2.05) is 30.0 Å². The van der Waals surface area contributed by atoms with E-state index >= 15 is 0 Å². The first kappa shape index (κ1) is 18.9. The van der Waals surface area contributed by atoms with Crippen LogP contribution in [0.1, 0.15) is 55.4 Å². The van der Waals surface area contributed by atoms with Gasteiger partial charge in [0, 0.05) is 24.5 Å². The van der Waals surface area contributed by atoms with Gasteiger partial charge in [-0.15, -0.1) is 0 Å². The van der Waals surface area contributed by atoms with Crippen molar-refractivity contribution in [2.75, 3.05) is 18.4 Å². The van der Waals surface area contributed by atoms with Gasteiger partial charge in [0.2, 0.25) is 5.95 Å². The van der Waals surface area contributed by atoms with Crippen LogP contribution in [0.3, 0.4) is 0 Å². The summed E-state index contributed by atoms with van der Waals surface area (Å²) in [5.74, 6) is 0.443. The fraction of sp³-hybridized carbons (Fsp3) is 0.450. The molecule has 0 bridgehead atoms. The Morgan fingerprint density at radius 2 is 1.76 bits per heavy atom. The lowest BCUT2D eigenvalue weighted by Gasteiger charge is -2.21. The molecule has 1 aromatic carbocycles. The average molecular weight is 340 g/mol. The molecule has 1 aromatic heterocycles. The van der Waals surface area contributed by atoms with Crippen LogP contribution in [-0.2, 0) is 6.42 Å². The fourth-order valence-electron chi connectivity index (χ4n) is 2.82. The number of nitrogens with one attached hydrogen (secondary N) is 1. The molecule has 5 nitrogen and oxygen atoms in total. The Labute approximate surface area is 150 Å². The number of anilines is 2. The molecule has 25 heavy (non-hydrogen) atoms. The van der Waals surface area contributed by atoms with Crippen LogP contribution in [-0.4, -0.2) is 33.9 Å². The first-order valence-electron chi connectivity index (χ1n) is 9.08. The van der Waals surface area contributed by atoms with Crippen LogP contribution < -0.4 is 5.32 Å². The van der Waals surface area contributed by atoms with Gasteiger partial charge in [-0.25, -0.2) is 9.97 Å². The lowest BCUT2D eigenvalue weighted by molar-refractivity contribution is 0.0749. The molecule has 0 aliphatic heterocycles. The summed E-state index contributed by atoms with van der Waals surface area (Å²) >= 11 is 0. The smallest absolute Gasteiger partial charge is 0.272 e. The van der Waals surface area contributed by atoms with E-state index in [4.69, 9.17) is 0 Å². The molecule has 2 aromatic rings. The SMILES string of the molecule is CCCN(CCC)C(=O)c1cc(C)nc(Nc2ccccc2CC)n1. The topological polar surface area (TPSA) is 58.1 Å². The van der Waals surface area contributed by atoms with E-state index in [0.29, 0.717) is 11.6 Å². The molecule has 1 N–H and O–H groups in total. The zero-order valence-corrected chi connectivity index (χ0v) is 15.7. The Kier molecular flexibility index (Phi) is 6.92. The third-order valence-electron chi connectivity index (χ3n) is 3.99. The van der Waals surface area contributed by atoms with Crippen molar-refractivity contribution in [3.8, 4) is 0 Å². The second-order valence-electron chi connectivity index (χ2n) is 6.15. The van der Waals surface area contributed by atoms with E-state index in [0.717, 1.165) is 43.7 Å². The van der Waals surface area contributed by atoms with E-state index in [2.05, 4.69) is 42.1 Å². The highest BCUT2D eigenvalue weighted by molar-refractivity contribution is 5.92. The van der Waals surface area contributed by atoms with Gasteiger partial charge in [0.25, 0.3) is 5.91 Å². The Bertz CT molecular complexity index is 709. The van der Waals surface area contributed by atoms with Crippen molar-refractivity contribution in [3.63, 3.8) is 0 Å². The summed E-state index contributed by atoms with van der Waals surface area (Å²) in [6.07, 6.45) is 2.79. The van der Waals surface area contributed by atoms with E-state index in [1.165, 1.54) is 5.56 Å². The van der Waals surface area contributed by atoms with Gasteiger partial charge in [-0.1, -0.05) is 39.0 Å². The van der Waals surface area contributed by atoms with Crippen LogP contribution in [0.4, 0.5) is 11.6 Å². The minimum atomic E-state index is -0.0268. The summed E-state index contributed by atoms with van der Waals surface area (Å²) in [5, 5.41) is 3.27. The van der Waals surface area contributed by atoms with E-state index in [9.17, 15) is 4.79 Å². The van der Waals surface area contributed by atoms with Gasteiger partial charge < -0.3 is 10.2 Å². The van der Waals surface area contributed by atoms with Gasteiger partial charge in [0.05, 0.1) is 0 Å². The van der Waals surface area contributed by atoms with E-state index < -0.39 is 0 Å². The van der Waals surface area contributed by atoms with Gasteiger partial charge in [-0.2, -0.15) is 0 Å². The predicted molar refractivity (Wildman–Crippen MR) is 102 cm³/mol. The quantitative estimate of drug-likeness (QED) is 0.776. The molecule has 0 aliphatic rings. The molecule has 0 fully saturated rings. The monoisotopic (exact) mass is 340 g/mol. The number of hydrogen-bond acceptors (Lipinski definition) is 4. The number of nitrogens with zero attached hydrogens (tertiary/aromatic N) is 3. The van der Waals surface area contributed by atoms with Gasteiger partial charge in [0.15, 0.2) is 0 Å². The molecule has 0 aliphatic carbocycles. The first-order chi connectivity index (χ1) is 12.1. The third-order valence-corrected chi connectivity index (χ3v) is 3.99. The van der Waals surface area contributed by atoms with Crippen molar-refractivity contribution in [2.45, 2.75) is 47.0 Å². The van der Waals surface area contributed by atoms with Gasteiger partial charge >= 0.3 is 0 Å². The highest BCUT2D eigenvalue weighted by Gasteiger charge is 2.17. The van der Waals surface area contributed by atoms with E-state index in [-0.39, 0.29) is 5.91 Å². The molecule has 2 rings (SSSR count). The Morgan fingerprint density at radius 3 is 2.40 bits per heavy atom. The number of benzene rings is 1. The predicted octanol–water partition coefficient (Wildman–Crippen LogP) is 4.35. The fourth-order valence-corrected chi connectivity index (χ4v) is 2.82. The average Bonchev–Trinajstić information content (AvgIpc) is 2.61. The van der Waals surface area contributed by atoms with Crippen LogP contribution in [0.5, 0.6) is 0 Å². The molecule has 0 radical (unpaired) electrons. The largest absolute Gasteiger partial charge is 0.337 e. The third kappa shape index (κ3) is 5.02. The molecule has 1 amide bonds. The number of amides is 1. The van der Waals surface area contributed by atoms with Crippen molar-refractivity contribution in [1.29, 1.82) is 0 Å². The maximum Gasteiger partial charge on any atom is 0.272 e. The Hall–Kier alpha value is -2.43. The summed E-state index contributed by atoms with van der Waals surface area (Å²) in [6, 6.07) is 9.84. The number of para-hydroxylation sites is 1. The minimum Gasteiger partial charge on any atom is -0.337 e. The van der Waals surface area contributed by atoms with Crippen molar-refractivity contribution in [1.82, 2.24) is 14.9 Å². The molecular weight excluding hydrogens is 312 g/mol. The second-order valence-corrected chi connectivity index (χ2v) is 6.15. The Morgan fingerprint density at radius 1 is 1.08 bits per heavy atom. The molecule has 0 saturated heterocycles. The summed E-state index contributed by atoms with van der Waals surface area (Å²) in [4.78, 5) is 23.6. The van der Waals surface area contributed by atoms with Gasteiger partial charge in [0.1, 0.15) is 5.69 Å². The number of carbonyl (C=O) groups is 1. The lowest BCUT2D eigenvalue weighted by atomic mass is 10.1. The summed E-state index contributed by atoms with van der Waals surface area (Å²) in [7, 11) is 0. The zero-order valence-electron chi connectivity index (χ0n) is 15.7. The van der Waals surface area contributed by atoms with Crippen LogP contribution in [0.2, 0.25) is 0 Å². The normalized spacial score (nSPS) is 10.6. The summed E-state index contributed by atoms with van der Waals surface area (Å²) < 4.78 is 0. The molecule has 134 valence electrons. The van der Waals surface area contributed by atoms with Crippen LogP contribution >= 0.6 is 0 Å². The number of aryl methyl sites for hydroxylation is 2. The highest BCUT2D eigenvalue weighted by atomic mass is 16.2. The standard InChI is InChI=1S/C20H28N4O/c1-5-12-24(13-6-2)19(25)18-14-15(4)21-20(23-18)22-17-11-9-8-10-16(17)7-3/h8-11,14H,5-7,12-13H2,1-4H3,(H,21,22,23). The van der Waals surface area contributed by atoms with Crippen molar-refractivity contribution in [2.24, 2.45) is 0 Å². The van der Waals surface area contributed by atoms with Gasteiger partial charge in [-0.05, 0) is 43.9 Å². The maximum absolute atomic E-state index is 12.8. The number of aromatic nitrogens is 2. The van der Waals surface area contributed by atoms with Crippen molar-refractivity contribution >= 4 is 17.5 Å². The molecule has 0 unspecified atom stereocenters. The molecule has 1 heterocycles. The van der Waals surface area contributed by atoms with E-state index in [1.54, 1.807) is 6.07 Å². The lowest BCUT2D eigenvalue weighted by Crippen LogP contribution is -2.33. The van der Waals surface area contributed by atoms with Crippen molar-refractivity contribution < 1.29 is 4.79 Å². The first-order valence-corrected chi connectivity index (χ1v) is 9.08. The van der Waals surface area contributed by atoms with Crippen molar-refractivity contribution in [3.05, 3.63) is 47.3 Å². The van der Waals surface area contributed by atoms with Crippen LogP contribution in [0, 0.1) is 6.92 Å². The molecule has 5 heteroatoms. The van der Waals surface area contributed by atoms with Gasteiger partial charge in [-0.3, -0.25) is 4.79 Å². The number of rotatable bonds is 8. The molecule has 0 saturated carbocycles. The van der Waals surface area contributed by atoms with Crippen LogP contribution in [0.25, 0.3) is 0 Å². The maximum atomic E-state index is 12.8. The molecule has 0 atom stereocenters. The zero-order chi connectivity index (χ0) is 18.2. The minimum absolute atomic E-state index is 0.0268. The molecular formula is C20H28N4O. The van der Waals surface area contributed by atoms with Crippen LogP contribution in [0.15, 0.2) is 30.3 Å². The summed E-state index contributed by atoms with van der Waals surface area (Å²) in [5.41, 5.74) is 3.40. The number of hydrogen-bond donors (Lipinski definition) is 1.